The van der Waals surface area contributed by atoms with Crippen LogP contribution in [0.3, 0.4) is 0 Å². The van der Waals surface area contributed by atoms with E-state index in [-0.39, 0.29) is 12.0 Å². The number of aryl methyl sites for hydroxylation is 2. The first kappa shape index (κ1) is 27.3. The molecule has 8 heteroatoms. The second-order valence-electron chi connectivity index (χ2n) is 10.2. The predicted molar refractivity (Wildman–Crippen MR) is 162 cm³/mol. The summed E-state index contributed by atoms with van der Waals surface area (Å²) < 4.78 is 5.12. The molecule has 0 bridgehead atoms. The van der Waals surface area contributed by atoms with Crippen molar-refractivity contribution in [1.29, 1.82) is 0 Å². The van der Waals surface area contributed by atoms with E-state index in [4.69, 9.17) is 9.72 Å². The number of nitrogens with zero attached hydrogens (tertiary/aromatic N) is 3. The van der Waals surface area contributed by atoms with E-state index >= 15 is 0 Å². The van der Waals surface area contributed by atoms with E-state index in [1.54, 1.807) is 18.6 Å². The number of benzene rings is 1. The predicted octanol–water partition coefficient (Wildman–Crippen LogP) is 5.79. The van der Waals surface area contributed by atoms with Crippen molar-refractivity contribution in [3.63, 3.8) is 0 Å². The molecule has 1 aromatic heterocycles. The van der Waals surface area contributed by atoms with Crippen LogP contribution in [0, 0.1) is 13.8 Å². The quantitative estimate of drug-likeness (QED) is 0.303. The third-order valence-corrected chi connectivity index (χ3v) is 8.68. The molecule has 0 radical (unpaired) electrons. The average molecular weight is 546 g/mol. The second-order valence-corrected chi connectivity index (χ2v) is 11.5. The van der Waals surface area contributed by atoms with Gasteiger partial charge in [0.1, 0.15) is 5.82 Å². The van der Waals surface area contributed by atoms with Gasteiger partial charge in [-0.25, -0.2) is 9.78 Å². The Morgan fingerprint density at radius 1 is 1.23 bits per heavy atom. The van der Waals surface area contributed by atoms with Crippen LogP contribution in [-0.4, -0.2) is 65.1 Å². The molecule has 1 aromatic carbocycles. The number of carbonyl (C=O) groups is 1. The molecule has 0 amide bonds. The van der Waals surface area contributed by atoms with Crippen LogP contribution in [0.1, 0.15) is 60.6 Å². The van der Waals surface area contributed by atoms with E-state index in [1.165, 1.54) is 34.0 Å². The van der Waals surface area contributed by atoms with Crippen LogP contribution in [0.5, 0.6) is 0 Å². The lowest BCUT2D eigenvalue weighted by Crippen LogP contribution is -2.36. The van der Waals surface area contributed by atoms with Crippen molar-refractivity contribution in [2.75, 3.05) is 48.9 Å². The topological polar surface area (TPSA) is 79.4 Å². The maximum atomic E-state index is 12.1. The number of carbonyl (C=O) groups excluding carboxylic acids is 1. The number of rotatable bonds is 9. The van der Waals surface area contributed by atoms with E-state index in [9.17, 15) is 4.79 Å². The highest BCUT2D eigenvalue weighted by Crippen LogP contribution is 2.55. The second kappa shape index (κ2) is 11.9. The summed E-state index contributed by atoms with van der Waals surface area (Å²) in [6, 6.07) is 6.71. The number of hydrogen-bond donors (Lipinski definition) is 2. The van der Waals surface area contributed by atoms with Crippen molar-refractivity contribution in [3.8, 4) is 0 Å². The molecule has 2 fully saturated rings. The van der Waals surface area contributed by atoms with Gasteiger partial charge in [-0.15, -0.1) is 0 Å². The number of aromatic nitrogens is 2. The minimum atomic E-state index is -0.374. The van der Waals surface area contributed by atoms with Gasteiger partial charge >= 0.3 is 5.97 Å². The van der Waals surface area contributed by atoms with Gasteiger partial charge in [0.15, 0.2) is 0 Å². The molecule has 2 heterocycles. The Morgan fingerprint density at radius 3 is 2.74 bits per heavy atom. The van der Waals surface area contributed by atoms with Crippen molar-refractivity contribution in [2.24, 2.45) is 0 Å². The standard InChI is InChI=1S/C31H39N5O2S/c1-6-26(34-30-22(11-12-27(37)38-7-2)20(4)33-31(32-5)35-30)25-17-21-10-8-9-19(3)28(21)23-18-24(23)29(25)36-13-15-39-16-14-36/h8-12,17,23,26H,6-7,13-16,18H2,1-5H3,(H2,32,33,34,35). The highest BCUT2D eigenvalue weighted by Gasteiger charge is 2.42. The van der Waals surface area contributed by atoms with E-state index in [0.29, 0.717) is 24.3 Å². The number of anilines is 2. The van der Waals surface area contributed by atoms with Crippen molar-refractivity contribution in [2.45, 2.75) is 52.5 Å². The SMILES string of the molecule is CCOC(=O)C=Cc1c(C)nc(NC)nc1NC(CC)C1=Cc2cccc(C)c2C2CC2=C1N1CCSCC1. The molecule has 1 saturated carbocycles. The number of allylic oxidation sites excluding steroid dienone is 1. The molecule has 2 aromatic rings. The van der Waals surface area contributed by atoms with Crippen LogP contribution in [0.15, 0.2) is 41.1 Å². The molecule has 2 N–H and O–H groups in total. The number of esters is 1. The Morgan fingerprint density at radius 2 is 2.03 bits per heavy atom. The highest BCUT2D eigenvalue weighted by molar-refractivity contribution is 7.99. The van der Waals surface area contributed by atoms with Crippen molar-refractivity contribution < 1.29 is 9.53 Å². The Bertz CT molecular complexity index is 1340. The van der Waals surface area contributed by atoms with Gasteiger partial charge in [-0.05, 0) is 73.6 Å². The Kier molecular flexibility index (Phi) is 8.31. The summed E-state index contributed by atoms with van der Waals surface area (Å²) in [5.74, 6) is 3.70. The lowest BCUT2D eigenvalue weighted by Gasteiger charge is -2.35. The van der Waals surface area contributed by atoms with E-state index in [0.717, 1.165) is 48.7 Å². The normalized spacial score (nSPS) is 19.2. The zero-order chi connectivity index (χ0) is 27.5. The van der Waals surface area contributed by atoms with Crippen molar-refractivity contribution in [1.82, 2.24) is 14.9 Å². The van der Waals surface area contributed by atoms with E-state index < -0.39 is 0 Å². The number of ether oxygens (including phenoxy) is 1. The van der Waals surface area contributed by atoms with Gasteiger partial charge in [-0.2, -0.15) is 16.7 Å². The van der Waals surface area contributed by atoms with E-state index in [1.807, 2.05) is 25.7 Å². The van der Waals surface area contributed by atoms with Gasteiger partial charge in [0.2, 0.25) is 5.95 Å². The van der Waals surface area contributed by atoms with Gasteiger partial charge < -0.3 is 20.3 Å². The van der Waals surface area contributed by atoms with Gasteiger partial charge in [-0.3, -0.25) is 0 Å². The summed E-state index contributed by atoms with van der Waals surface area (Å²) >= 11 is 2.04. The van der Waals surface area contributed by atoms with Crippen molar-refractivity contribution in [3.05, 3.63) is 69.1 Å². The van der Waals surface area contributed by atoms with Crippen LogP contribution in [0.25, 0.3) is 12.2 Å². The minimum absolute atomic E-state index is 0.0311. The maximum absolute atomic E-state index is 12.1. The summed E-state index contributed by atoms with van der Waals surface area (Å²) in [6.07, 6.45) is 7.66. The summed E-state index contributed by atoms with van der Waals surface area (Å²) in [5, 5.41) is 6.87. The van der Waals surface area contributed by atoms with Gasteiger partial charge in [-0.1, -0.05) is 25.1 Å². The maximum Gasteiger partial charge on any atom is 0.330 e. The molecule has 5 rings (SSSR count). The number of thioether (sulfide) groups is 1. The fourth-order valence-corrected chi connectivity index (χ4v) is 6.68. The fraction of sp³-hybridized carbons (Fsp3) is 0.452. The van der Waals surface area contributed by atoms with Gasteiger partial charge in [0, 0.05) is 54.9 Å². The molecular weight excluding hydrogens is 506 g/mol. The minimum Gasteiger partial charge on any atom is -0.463 e. The average Bonchev–Trinajstić information content (AvgIpc) is 3.72. The molecular formula is C31H39N5O2S. The van der Waals surface area contributed by atoms with Gasteiger partial charge in [0.25, 0.3) is 0 Å². The number of fused-ring (bicyclic) bond motifs is 3. The zero-order valence-electron chi connectivity index (χ0n) is 23.6. The molecule has 3 aliphatic rings. The van der Waals surface area contributed by atoms with Crippen LogP contribution < -0.4 is 10.6 Å². The first-order valence-corrected chi connectivity index (χ1v) is 15.2. The summed E-state index contributed by atoms with van der Waals surface area (Å²) in [7, 11) is 1.82. The van der Waals surface area contributed by atoms with Crippen LogP contribution in [-0.2, 0) is 9.53 Å². The summed E-state index contributed by atoms with van der Waals surface area (Å²) in [4.78, 5) is 24.1. The molecule has 1 aliphatic heterocycles. The molecule has 2 aliphatic carbocycles. The summed E-state index contributed by atoms with van der Waals surface area (Å²) in [5.41, 5.74) is 10.1. The third kappa shape index (κ3) is 5.71. The van der Waals surface area contributed by atoms with Crippen molar-refractivity contribution >= 4 is 41.6 Å². The first-order chi connectivity index (χ1) is 18.9. The van der Waals surface area contributed by atoms with Crippen LogP contribution >= 0.6 is 11.8 Å². The molecule has 0 spiro atoms. The monoisotopic (exact) mass is 545 g/mol. The smallest absolute Gasteiger partial charge is 0.330 e. The molecule has 2 atom stereocenters. The molecule has 39 heavy (non-hydrogen) atoms. The van der Waals surface area contributed by atoms with Crippen LogP contribution in [0.2, 0.25) is 0 Å². The van der Waals surface area contributed by atoms with Crippen LogP contribution in [0.4, 0.5) is 11.8 Å². The highest BCUT2D eigenvalue weighted by atomic mass is 32.2. The summed E-state index contributed by atoms with van der Waals surface area (Å²) in [6.45, 7) is 10.7. The Labute approximate surface area is 236 Å². The third-order valence-electron chi connectivity index (χ3n) is 7.73. The lowest BCUT2D eigenvalue weighted by molar-refractivity contribution is -0.137. The Balaban J connectivity index is 1.59. The van der Waals surface area contributed by atoms with E-state index in [2.05, 4.69) is 58.6 Å². The molecule has 7 nitrogen and oxygen atoms in total. The Hall–Kier alpha value is -3.26. The molecule has 206 valence electrons. The fourth-order valence-electron chi connectivity index (χ4n) is 5.77. The van der Waals surface area contributed by atoms with Gasteiger partial charge in [0.05, 0.1) is 18.3 Å². The largest absolute Gasteiger partial charge is 0.463 e. The number of nitrogens with one attached hydrogen (secondary N) is 2. The number of hydrogen-bond acceptors (Lipinski definition) is 8. The molecule has 1 saturated heterocycles. The first-order valence-electron chi connectivity index (χ1n) is 14.0. The molecule has 2 unspecified atom stereocenters. The lowest BCUT2D eigenvalue weighted by atomic mass is 9.94. The zero-order valence-corrected chi connectivity index (χ0v) is 24.5.